The molecule has 4 rings (SSSR count). The van der Waals surface area contributed by atoms with Crippen LogP contribution in [0.25, 0.3) is 0 Å². The zero-order valence-electron chi connectivity index (χ0n) is 18.2. The number of amidine groups is 1. The fourth-order valence-corrected chi connectivity index (χ4v) is 4.08. The van der Waals surface area contributed by atoms with E-state index in [0.29, 0.717) is 16.7 Å². The first-order valence-corrected chi connectivity index (χ1v) is 11.1. The van der Waals surface area contributed by atoms with Gasteiger partial charge in [0.25, 0.3) is 0 Å². The highest BCUT2D eigenvalue weighted by atomic mass is 35.5. The molecule has 0 unspecified atom stereocenters. The lowest BCUT2D eigenvalue weighted by Gasteiger charge is -2.31. The summed E-state index contributed by atoms with van der Waals surface area (Å²) in [5.41, 5.74) is 7.01. The summed E-state index contributed by atoms with van der Waals surface area (Å²) in [5.74, 6) is 1.10. The summed E-state index contributed by atoms with van der Waals surface area (Å²) in [6, 6.07) is 12.9. The van der Waals surface area contributed by atoms with Gasteiger partial charge in [-0.15, -0.1) is 0 Å². The van der Waals surface area contributed by atoms with E-state index in [9.17, 15) is 0 Å². The number of rotatable bonds is 2. The lowest BCUT2D eigenvalue weighted by molar-refractivity contribution is 0.122. The molecule has 0 amide bonds. The highest BCUT2D eigenvalue weighted by molar-refractivity contribution is 6.45. The van der Waals surface area contributed by atoms with Crippen LogP contribution in [0.5, 0.6) is 0 Å². The van der Waals surface area contributed by atoms with Crippen molar-refractivity contribution in [2.24, 2.45) is 4.99 Å². The Kier molecular flexibility index (Phi) is 6.64. The second-order valence-electron chi connectivity index (χ2n) is 7.89. The maximum absolute atomic E-state index is 6.43. The third-order valence-electron chi connectivity index (χ3n) is 5.66. The molecule has 5 nitrogen and oxygen atoms in total. The maximum Gasteiger partial charge on any atom is 0.151 e. The van der Waals surface area contributed by atoms with Gasteiger partial charge in [0.15, 0.2) is 5.84 Å². The second-order valence-corrected chi connectivity index (χ2v) is 8.30. The van der Waals surface area contributed by atoms with Gasteiger partial charge < -0.3 is 20.3 Å². The Hall–Kier alpha value is -2.76. The first-order chi connectivity index (χ1) is 15.0. The number of benzene rings is 2. The van der Waals surface area contributed by atoms with Crippen LogP contribution in [0.2, 0.25) is 0 Å². The molecule has 2 aromatic rings. The standard InChI is InChI=1S/C25H29ClN4O/c1-4-22(26)25-28-18(3)27-23-16-20(9-8-19-6-5-7-21(15-19)29-25)24(14-17(23)2)30-10-12-31-13-11-30/h4-7,14-16,27H,3,8-13H2,1-2H3,(H,28,29)/b22-4+. The molecule has 31 heavy (non-hydrogen) atoms. The third-order valence-corrected chi connectivity index (χ3v) is 6.05. The Labute approximate surface area is 189 Å². The number of nitrogens with zero attached hydrogens (tertiary/aromatic N) is 2. The summed E-state index contributed by atoms with van der Waals surface area (Å²) >= 11 is 6.43. The summed E-state index contributed by atoms with van der Waals surface area (Å²) in [6.45, 7) is 11.5. The molecule has 0 spiro atoms. The molecule has 2 aromatic carbocycles. The van der Waals surface area contributed by atoms with Crippen LogP contribution in [0.3, 0.4) is 0 Å². The molecule has 2 N–H and O–H groups in total. The van der Waals surface area contributed by atoms with Crippen molar-refractivity contribution in [1.29, 1.82) is 0 Å². The van der Waals surface area contributed by atoms with Gasteiger partial charge in [0, 0.05) is 30.2 Å². The lowest BCUT2D eigenvalue weighted by atomic mass is 9.99. The monoisotopic (exact) mass is 436 g/mol. The van der Waals surface area contributed by atoms with Gasteiger partial charge >= 0.3 is 0 Å². The Morgan fingerprint density at radius 1 is 1.16 bits per heavy atom. The fourth-order valence-electron chi connectivity index (χ4n) is 3.99. The lowest BCUT2D eigenvalue weighted by Crippen LogP contribution is -2.36. The number of fused-ring (bicyclic) bond motifs is 4. The highest BCUT2D eigenvalue weighted by Gasteiger charge is 2.18. The first kappa shape index (κ1) is 21.5. The number of nitrogens with one attached hydrogen (secondary N) is 2. The number of anilines is 3. The Morgan fingerprint density at radius 2 is 1.97 bits per heavy atom. The molecule has 2 heterocycles. The minimum absolute atomic E-state index is 0.533. The van der Waals surface area contributed by atoms with E-state index in [-0.39, 0.29) is 0 Å². The van der Waals surface area contributed by atoms with Crippen LogP contribution in [0.15, 0.2) is 64.9 Å². The summed E-state index contributed by atoms with van der Waals surface area (Å²) in [7, 11) is 0. The Bertz CT molecular complexity index is 1040. The molecule has 162 valence electrons. The van der Waals surface area contributed by atoms with Gasteiger partial charge in [0.05, 0.1) is 18.2 Å². The second kappa shape index (κ2) is 9.58. The van der Waals surface area contributed by atoms with Gasteiger partial charge in [0.2, 0.25) is 0 Å². The highest BCUT2D eigenvalue weighted by Crippen LogP contribution is 2.31. The van der Waals surface area contributed by atoms with Crippen LogP contribution in [-0.2, 0) is 17.6 Å². The summed E-state index contributed by atoms with van der Waals surface area (Å²) in [5, 5.41) is 7.28. The minimum Gasteiger partial charge on any atom is -0.378 e. The molecule has 1 fully saturated rings. The molecule has 0 atom stereocenters. The molecule has 4 bridgehead atoms. The predicted molar refractivity (Wildman–Crippen MR) is 131 cm³/mol. The van der Waals surface area contributed by atoms with Crippen molar-refractivity contribution in [2.75, 3.05) is 41.8 Å². The molecular weight excluding hydrogens is 408 g/mol. The van der Waals surface area contributed by atoms with Crippen LogP contribution in [-0.4, -0.2) is 32.1 Å². The van der Waals surface area contributed by atoms with Gasteiger partial charge in [-0.1, -0.05) is 36.4 Å². The number of hydrogen-bond donors (Lipinski definition) is 2. The van der Waals surface area contributed by atoms with E-state index in [1.807, 2.05) is 19.1 Å². The maximum atomic E-state index is 6.43. The number of allylic oxidation sites excluding steroid dienone is 1. The Balaban J connectivity index is 1.78. The average Bonchev–Trinajstić information content (AvgIpc) is 2.79. The van der Waals surface area contributed by atoms with Gasteiger partial charge in [0.1, 0.15) is 5.82 Å². The first-order valence-electron chi connectivity index (χ1n) is 10.7. The topological polar surface area (TPSA) is 48.9 Å². The molecule has 2 aliphatic heterocycles. The zero-order chi connectivity index (χ0) is 21.8. The number of aliphatic imine (C=N–C) groups is 1. The van der Waals surface area contributed by atoms with Crippen molar-refractivity contribution in [3.05, 3.63) is 76.6 Å². The number of ether oxygens (including phenoxy) is 1. The van der Waals surface area contributed by atoms with Gasteiger partial charge in [-0.3, -0.25) is 0 Å². The van der Waals surface area contributed by atoms with Crippen LogP contribution < -0.4 is 15.5 Å². The van der Waals surface area contributed by atoms with Crippen molar-refractivity contribution in [2.45, 2.75) is 26.7 Å². The molecule has 1 saturated heterocycles. The van der Waals surface area contributed by atoms with E-state index in [4.69, 9.17) is 16.3 Å². The number of halogens is 1. The molecule has 2 aliphatic rings. The van der Waals surface area contributed by atoms with Crippen LogP contribution in [0, 0.1) is 6.92 Å². The average molecular weight is 437 g/mol. The number of morpholine rings is 1. The van der Waals surface area contributed by atoms with Crippen molar-refractivity contribution in [3.63, 3.8) is 0 Å². The molecule has 0 aliphatic carbocycles. The quantitative estimate of drug-likeness (QED) is 0.655. The van der Waals surface area contributed by atoms with Gasteiger partial charge in [-0.05, 0) is 67.6 Å². The van der Waals surface area contributed by atoms with Crippen molar-refractivity contribution >= 4 is 34.5 Å². The van der Waals surface area contributed by atoms with Crippen molar-refractivity contribution in [1.82, 2.24) is 0 Å². The SMILES string of the molecule is C=C1/N=C(\C(Cl)=C/C)Nc2cccc(c2)CCc2cc(c(C)cc2N2CCOCC2)N1. The van der Waals surface area contributed by atoms with E-state index in [1.165, 1.54) is 16.8 Å². The molecule has 0 aromatic heterocycles. The predicted octanol–water partition coefficient (Wildman–Crippen LogP) is 5.47. The molecule has 0 radical (unpaired) electrons. The van der Waals surface area contributed by atoms with Crippen molar-refractivity contribution < 1.29 is 4.74 Å². The van der Waals surface area contributed by atoms with E-state index in [2.05, 4.69) is 64.4 Å². The smallest absolute Gasteiger partial charge is 0.151 e. The minimum atomic E-state index is 0.533. The Morgan fingerprint density at radius 3 is 2.74 bits per heavy atom. The molecule has 6 heteroatoms. The largest absolute Gasteiger partial charge is 0.378 e. The van der Waals surface area contributed by atoms with E-state index >= 15 is 0 Å². The number of hydrogen-bond acceptors (Lipinski definition) is 5. The summed E-state index contributed by atoms with van der Waals surface area (Å²) < 4.78 is 5.57. The van der Waals surface area contributed by atoms with Crippen LogP contribution in [0.1, 0.15) is 23.6 Å². The fraction of sp³-hybridized carbons (Fsp3) is 0.320. The van der Waals surface area contributed by atoms with Crippen molar-refractivity contribution in [3.8, 4) is 0 Å². The number of aryl methyl sites for hydroxylation is 3. The van der Waals surface area contributed by atoms with Crippen LogP contribution >= 0.6 is 11.6 Å². The summed E-state index contributed by atoms with van der Waals surface area (Å²) in [4.78, 5) is 7.08. The molecular formula is C25H29ClN4O. The molecule has 0 saturated carbocycles. The van der Waals surface area contributed by atoms with Crippen LogP contribution in [0.4, 0.5) is 17.1 Å². The van der Waals surface area contributed by atoms with E-state index in [1.54, 1.807) is 0 Å². The van der Waals surface area contributed by atoms with E-state index < -0.39 is 0 Å². The van der Waals surface area contributed by atoms with Gasteiger partial charge in [-0.2, -0.15) is 0 Å². The van der Waals surface area contributed by atoms with E-state index in [0.717, 1.165) is 56.1 Å². The van der Waals surface area contributed by atoms with Gasteiger partial charge in [-0.25, -0.2) is 4.99 Å². The third kappa shape index (κ3) is 5.12. The zero-order valence-corrected chi connectivity index (χ0v) is 18.9. The normalized spacial score (nSPS) is 19.2. The summed E-state index contributed by atoms with van der Waals surface area (Å²) in [6.07, 6.45) is 3.71.